The summed E-state index contributed by atoms with van der Waals surface area (Å²) in [6.07, 6.45) is 8.26. The van der Waals surface area contributed by atoms with Crippen LogP contribution in [0.3, 0.4) is 0 Å². The number of rotatable bonds is 4. The second-order valence-electron chi connectivity index (χ2n) is 10.2. The van der Waals surface area contributed by atoms with E-state index in [9.17, 15) is 8.42 Å². The summed E-state index contributed by atoms with van der Waals surface area (Å²) in [6.45, 7) is 8.50. The molecule has 0 N–H and O–H groups in total. The van der Waals surface area contributed by atoms with Crippen LogP contribution in [-0.2, 0) is 10.0 Å². The van der Waals surface area contributed by atoms with Crippen molar-refractivity contribution in [2.24, 2.45) is 4.99 Å². The van der Waals surface area contributed by atoms with E-state index in [1.807, 2.05) is 12.1 Å². The highest BCUT2D eigenvalue weighted by molar-refractivity contribution is 7.89. The molecular formula is C24H36N4O2S. The summed E-state index contributed by atoms with van der Waals surface area (Å²) in [5, 5.41) is 0. The van der Waals surface area contributed by atoms with E-state index in [1.165, 1.54) is 19.3 Å². The van der Waals surface area contributed by atoms with Crippen molar-refractivity contribution >= 4 is 16.0 Å². The topological polar surface area (TPSA) is 56.2 Å². The smallest absolute Gasteiger partial charge is 0.266 e. The molecule has 1 aromatic rings. The number of guanidine groups is 1. The van der Waals surface area contributed by atoms with Gasteiger partial charge in [0.25, 0.3) is 10.0 Å². The molecule has 0 aromatic heterocycles. The third kappa shape index (κ3) is 3.88. The summed E-state index contributed by atoms with van der Waals surface area (Å²) in [4.78, 5) is 10.3. The first-order valence-corrected chi connectivity index (χ1v) is 13.5. The van der Waals surface area contributed by atoms with Crippen molar-refractivity contribution in [3.05, 3.63) is 29.8 Å². The number of benzene rings is 1. The molecule has 2 heterocycles. The lowest BCUT2D eigenvalue weighted by Gasteiger charge is -2.44. The third-order valence-electron chi connectivity index (χ3n) is 7.86. The summed E-state index contributed by atoms with van der Waals surface area (Å²) < 4.78 is 29.1. The minimum absolute atomic E-state index is 0.217. The van der Waals surface area contributed by atoms with Gasteiger partial charge in [-0.1, -0.05) is 45.2 Å². The highest BCUT2D eigenvalue weighted by atomic mass is 32.2. The van der Waals surface area contributed by atoms with Gasteiger partial charge in [-0.2, -0.15) is 0 Å². The Morgan fingerprint density at radius 3 is 2.16 bits per heavy atom. The van der Waals surface area contributed by atoms with Crippen LogP contribution in [-0.4, -0.2) is 72.8 Å². The Morgan fingerprint density at radius 2 is 1.61 bits per heavy atom. The van der Waals surface area contributed by atoms with Crippen molar-refractivity contribution in [2.75, 3.05) is 32.7 Å². The molecule has 31 heavy (non-hydrogen) atoms. The minimum atomic E-state index is -3.62. The van der Waals surface area contributed by atoms with Gasteiger partial charge in [0.1, 0.15) is 0 Å². The first-order chi connectivity index (χ1) is 14.9. The standard InChI is InChI=1S/C24H36N4O2S/c1-19(2)20-8-10-22(11-9-20)31(29,30)28-18-24(12-3-4-13-24)25-23(28)27-16-14-26(15-17-27)21-6-5-7-21/h8-11,19,21H,3-7,12-18H2,1-2H3. The molecule has 3 fully saturated rings. The average molecular weight is 445 g/mol. The second kappa shape index (κ2) is 8.07. The Kier molecular flexibility index (Phi) is 5.53. The highest BCUT2D eigenvalue weighted by Crippen LogP contribution is 2.40. The monoisotopic (exact) mass is 444 g/mol. The Balaban J connectivity index is 1.40. The van der Waals surface area contributed by atoms with Crippen molar-refractivity contribution < 1.29 is 8.42 Å². The fourth-order valence-electron chi connectivity index (χ4n) is 5.56. The lowest BCUT2D eigenvalue weighted by atomic mass is 9.91. The summed E-state index contributed by atoms with van der Waals surface area (Å²) >= 11 is 0. The zero-order valence-corrected chi connectivity index (χ0v) is 19.8. The molecule has 7 heteroatoms. The van der Waals surface area contributed by atoms with Gasteiger partial charge >= 0.3 is 0 Å². The van der Waals surface area contributed by atoms with Gasteiger partial charge in [0, 0.05) is 32.2 Å². The van der Waals surface area contributed by atoms with E-state index in [2.05, 4.69) is 23.6 Å². The lowest BCUT2D eigenvalue weighted by molar-refractivity contribution is 0.0833. The first-order valence-electron chi connectivity index (χ1n) is 12.1. The van der Waals surface area contributed by atoms with Crippen LogP contribution in [0.1, 0.15) is 70.3 Å². The molecule has 1 saturated heterocycles. The molecule has 1 spiro atoms. The van der Waals surface area contributed by atoms with Crippen molar-refractivity contribution in [3.8, 4) is 0 Å². The number of piperazine rings is 1. The maximum Gasteiger partial charge on any atom is 0.266 e. The lowest BCUT2D eigenvalue weighted by Crippen LogP contribution is -2.56. The van der Waals surface area contributed by atoms with E-state index in [0.29, 0.717) is 23.3 Å². The molecule has 5 rings (SSSR count). The minimum Gasteiger partial charge on any atom is -0.339 e. The van der Waals surface area contributed by atoms with Gasteiger partial charge in [0.15, 0.2) is 0 Å². The van der Waals surface area contributed by atoms with Crippen molar-refractivity contribution in [1.29, 1.82) is 0 Å². The normalized spacial score (nSPS) is 24.8. The van der Waals surface area contributed by atoms with Gasteiger partial charge in [-0.25, -0.2) is 17.7 Å². The Morgan fingerprint density at radius 1 is 0.968 bits per heavy atom. The molecule has 0 unspecified atom stereocenters. The molecule has 4 aliphatic rings. The van der Waals surface area contributed by atoms with E-state index in [0.717, 1.165) is 63.5 Å². The maximum absolute atomic E-state index is 13.7. The molecule has 1 aromatic carbocycles. The number of hydrogen-bond donors (Lipinski definition) is 0. The van der Waals surface area contributed by atoms with Gasteiger partial charge in [0.2, 0.25) is 5.96 Å². The Bertz CT molecular complexity index is 923. The maximum atomic E-state index is 13.7. The first kappa shape index (κ1) is 21.3. The predicted octanol–water partition coefficient (Wildman–Crippen LogP) is 3.65. The predicted molar refractivity (Wildman–Crippen MR) is 124 cm³/mol. The van der Waals surface area contributed by atoms with E-state index >= 15 is 0 Å². The molecule has 2 aliphatic carbocycles. The fourth-order valence-corrected chi connectivity index (χ4v) is 7.07. The van der Waals surface area contributed by atoms with Crippen LogP contribution in [0.4, 0.5) is 0 Å². The van der Waals surface area contributed by atoms with Crippen molar-refractivity contribution in [2.45, 2.75) is 81.2 Å². The molecule has 0 bridgehead atoms. The summed E-state index contributed by atoms with van der Waals surface area (Å²) in [5.41, 5.74) is 0.944. The van der Waals surface area contributed by atoms with Crippen LogP contribution in [0.5, 0.6) is 0 Å². The van der Waals surface area contributed by atoms with Gasteiger partial charge in [0.05, 0.1) is 17.0 Å². The third-order valence-corrected chi connectivity index (χ3v) is 9.60. The molecule has 6 nitrogen and oxygen atoms in total. The molecule has 0 amide bonds. The summed E-state index contributed by atoms with van der Waals surface area (Å²) in [6, 6.07) is 8.20. The summed E-state index contributed by atoms with van der Waals surface area (Å²) in [7, 11) is -3.62. The number of sulfonamides is 1. The summed E-state index contributed by atoms with van der Waals surface area (Å²) in [5.74, 6) is 1.08. The molecule has 2 saturated carbocycles. The van der Waals surface area contributed by atoms with Crippen LogP contribution in [0.25, 0.3) is 0 Å². The largest absolute Gasteiger partial charge is 0.339 e. The van der Waals surface area contributed by atoms with Gasteiger partial charge in [-0.3, -0.25) is 4.90 Å². The Labute approximate surface area is 187 Å². The SMILES string of the molecule is CC(C)c1ccc(S(=O)(=O)N2CC3(CCCC3)N=C2N2CCN(C3CCC3)CC2)cc1. The quantitative estimate of drug-likeness (QED) is 0.711. The van der Waals surface area contributed by atoms with E-state index in [-0.39, 0.29) is 5.54 Å². The zero-order valence-electron chi connectivity index (χ0n) is 19.0. The molecule has 2 aliphatic heterocycles. The number of hydrogen-bond acceptors (Lipinski definition) is 5. The van der Waals surface area contributed by atoms with Gasteiger partial charge in [-0.05, 0) is 49.3 Å². The van der Waals surface area contributed by atoms with Crippen LogP contribution >= 0.6 is 0 Å². The van der Waals surface area contributed by atoms with Crippen molar-refractivity contribution in [1.82, 2.24) is 14.1 Å². The molecule has 170 valence electrons. The van der Waals surface area contributed by atoms with Crippen LogP contribution < -0.4 is 0 Å². The van der Waals surface area contributed by atoms with E-state index < -0.39 is 10.0 Å². The van der Waals surface area contributed by atoms with Crippen LogP contribution in [0, 0.1) is 0 Å². The molecule has 0 radical (unpaired) electrons. The van der Waals surface area contributed by atoms with E-state index in [1.54, 1.807) is 16.4 Å². The zero-order chi connectivity index (χ0) is 21.6. The van der Waals surface area contributed by atoms with Crippen LogP contribution in [0.2, 0.25) is 0 Å². The Hall–Kier alpha value is -1.60. The van der Waals surface area contributed by atoms with Crippen LogP contribution in [0.15, 0.2) is 34.2 Å². The molecular weight excluding hydrogens is 408 g/mol. The fraction of sp³-hybridized carbons (Fsp3) is 0.708. The number of aliphatic imine (C=N–C) groups is 1. The van der Waals surface area contributed by atoms with E-state index in [4.69, 9.17) is 4.99 Å². The van der Waals surface area contributed by atoms with Gasteiger partial charge < -0.3 is 4.90 Å². The molecule has 0 atom stereocenters. The van der Waals surface area contributed by atoms with Gasteiger partial charge in [-0.15, -0.1) is 0 Å². The number of nitrogens with zero attached hydrogens (tertiary/aromatic N) is 4. The average Bonchev–Trinajstić information content (AvgIpc) is 3.35. The second-order valence-corrected chi connectivity index (χ2v) is 12.0. The highest BCUT2D eigenvalue weighted by Gasteiger charge is 2.48. The van der Waals surface area contributed by atoms with Crippen molar-refractivity contribution in [3.63, 3.8) is 0 Å².